The zero-order chi connectivity index (χ0) is 13.2. The van der Waals surface area contributed by atoms with E-state index in [4.69, 9.17) is 17.3 Å². The fourth-order valence-corrected chi connectivity index (χ4v) is 1.81. The largest absolute Gasteiger partial charge is 0.396 e. The van der Waals surface area contributed by atoms with E-state index in [1.54, 1.807) is 0 Å². The van der Waals surface area contributed by atoms with Crippen LogP contribution < -0.4 is 10.6 Å². The summed E-state index contributed by atoms with van der Waals surface area (Å²) in [5.74, 6) is 0. The van der Waals surface area contributed by atoms with Crippen LogP contribution in [-0.4, -0.2) is 23.4 Å². The van der Waals surface area contributed by atoms with Gasteiger partial charge in [-0.05, 0) is 49.2 Å². The SMILES string of the molecule is CCCCc1ccc(NC(=S)NCCCO)cc1. The molecule has 0 unspecified atom stereocenters. The zero-order valence-electron chi connectivity index (χ0n) is 10.9. The first-order chi connectivity index (χ1) is 8.76. The average Bonchev–Trinajstić information content (AvgIpc) is 2.38. The Hall–Kier alpha value is -1.13. The molecule has 0 fully saturated rings. The molecule has 0 aliphatic carbocycles. The molecular formula is C14H22N2OS. The molecule has 18 heavy (non-hydrogen) atoms. The lowest BCUT2D eigenvalue weighted by atomic mass is 10.1. The molecule has 1 aromatic rings. The molecule has 3 N–H and O–H groups in total. The molecule has 0 saturated carbocycles. The van der Waals surface area contributed by atoms with Gasteiger partial charge in [0.15, 0.2) is 5.11 Å². The molecule has 0 heterocycles. The summed E-state index contributed by atoms with van der Waals surface area (Å²) in [7, 11) is 0. The van der Waals surface area contributed by atoms with Gasteiger partial charge < -0.3 is 15.7 Å². The molecular weight excluding hydrogens is 244 g/mol. The number of aliphatic hydroxyl groups is 1. The normalized spacial score (nSPS) is 10.1. The smallest absolute Gasteiger partial charge is 0.170 e. The van der Waals surface area contributed by atoms with Crippen LogP contribution in [-0.2, 0) is 6.42 Å². The van der Waals surface area contributed by atoms with Crippen LogP contribution in [0.1, 0.15) is 31.7 Å². The Morgan fingerprint density at radius 3 is 2.56 bits per heavy atom. The van der Waals surface area contributed by atoms with E-state index in [9.17, 15) is 0 Å². The van der Waals surface area contributed by atoms with Gasteiger partial charge in [-0.2, -0.15) is 0 Å². The van der Waals surface area contributed by atoms with Crippen molar-refractivity contribution in [2.24, 2.45) is 0 Å². The van der Waals surface area contributed by atoms with Crippen LogP contribution >= 0.6 is 12.2 Å². The fraction of sp³-hybridized carbons (Fsp3) is 0.500. The zero-order valence-corrected chi connectivity index (χ0v) is 11.7. The quantitative estimate of drug-likeness (QED) is 0.524. The number of aryl methyl sites for hydroxylation is 1. The van der Waals surface area contributed by atoms with E-state index in [0.717, 1.165) is 12.1 Å². The summed E-state index contributed by atoms with van der Waals surface area (Å²) in [6, 6.07) is 8.36. The second-order valence-electron chi connectivity index (χ2n) is 4.26. The Morgan fingerprint density at radius 1 is 1.22 bits per heavy atom. The van der Waals surface area contributed by atoms with E-state index < -0.39 is 0 Å². The molecule has 3 nitrogen and oxygen atoms in total. The highest BCUT2D eigenvalue weighted by Crippen LogP contribution is 2.11. The second kappa shape index (κ2) is 8.89. The van der Waals surface area contributed by atoms with Crippen molar-refractivity contribution in [3.63, 3.8) is 0 Å². The Bertz CT molecular complexity index is 351. The van der Waals surface area contributed by atoms with Crippen LogP contribution in [0.4, 0.5) is 5.69 Å². The first kappa shape index (κ1) is 14.9. The van der Waals surface area contributed by atoms with Gasteiger partial charge in [0.25, 0.3) is 0 Å². The van der Waals surface area contributed by atoms with Crippen LogP contribution in [0.25, 0.3) is 0 Å². The number of thiocarbonyl (C=S) groups is 1. The van der Waals surface area contributed by atoms with Crippen molar-refractivity contribution >= 4 is 23.0 Å². The topological polar surface area (TPSA) is 44.3 Å². The summed E-state index contributed by atoms with van der Waals surface area (Å²) >= 11 is 5.15. The molecule has 0 atom stereocenters. The van der Waals surface area contributed by atoms with E-state index in [2.05, 4.69) is 29.7 Å². The predicted molar refractivity (Wildman–Crippen MR) is 81.0 cm³/mol. The van der Waals surface area contributed by atoms with E-state index in [0.29, 0.717) is 18.1 Å². The number of benzene rings is 1. The minimum absolute atomic E-state index is 0.182. The molecule has 0 aliphatic heterocycles. The van der Waals surface area contributed by atoms with Gasteiger partial charge in [-0.3, -0.25) is 0 Å². The van der Waals surface area contributed by atoms with Crippen molar-refractivity contribution in [1.29, 1.82) is 0 Å². The molecule has 1 aromatic carbocycles. The molecule has 0 amide bonds. The molecule has 0 bridgehead atoms. The number of unbranched alkanes of at least 4 members (excludes halogenated alkanes) is 1. The maximum atomic E-state index is 8.67. The molecule has 1 rings (SSSR count). The van der Waals surface area contributed by atoms with Crippen LogP contribution in [0, 0.1) is 0 Å². The molecule has 100 valence electrons. The van der Waals surface area contributed by atoms with Gasteiger partial charge in [-0.25, -0.2) is 0 Å². The number of rotatable bonds is 7. The lowest BCUT2D eigenvalue weighted by molar-refractivity contribution is 0.289. The summed E-state index contributed by atoms with van der Waals surface area (Å²) in [6.45, 7) is 3.07. The molecule has 0 aromatic heterocycles. The number of aliphatic hydroxyl groups excluding tert-OH is 1. The Morgan fingerprint density at radius 2 is 1.94 bits per heavy atom. The molecule has 0 saturated heterocycles. The Kier molecular flexibility index (Phi) is 7.37. The van der Waals surface area contributed by atoms with E-state index >= 15 is 0 Å². The molecule has 0 aliphatic rings. The summed E-state index contributed by atoms with van der Waals surface area (Å²) < 4.78 is 0. The van der Waals surface area contributed by atoms with Gasteiger partial charge in [-0.15, -0.1) is 0 Å². The maximum absolute atomic E-state index is 8.67. The summed E-state index contributed by atoms with van der Waals surface area (Å²) in [6.07, 6.45) is 4.29. The molecule has 0 radical (unpaired) electrons. The fourth-order valence-electron chi connectivity index (χ4n) is 1.59. The third-order valence-corrected chi connectivity index (χ3v) is 2.90. The molecule has 4 heteroatoms. The summed E-state index contributed by atoms with van der Waals surface area (Å²) in [5, 5.41) is 15.4. The predicted octanol–water partition coefficient (Wildman–Crippen LogP) is 2.70. The van der Waals surface area contributed by atoms with Crippen molar-refractivity contribution < 1.29 is 5.11 Å². The lowest BCUT2D eigenvalue weighted by Gasteiger charge is -2.10. The number of anilines is 1. The average molecular weight is 266 g/mol. The van der Waals surface area contributed by atoms with E-state index in [1.165, 1.54) is 18.4 Å². The first-order valence-electron chi connectivity index (χ1n) is 6.51. The first-order valence-corrected chi connectivity index (χ1v) is 6.91. The third-order valence-electron chi connectivity index (χ3n) is 2.65. The monoisotopic (exact) mass is 266 g/mol. The van der Waals surface area contributed by atoms with Crippen LogP contribution in [0.15, 0.2) is 24.3 Å². The van der Waals surface area contributed by atoms with Crippen molar-refractivity contribution in [1.82, 2.24) is 5.32 Å². The van der Waals surface area contributed by atoms with Crippen molar-refractivity contribution in [3.8, 4) is 0 Å². The van der Waals surface area contributed by atoms with Gasteiger partial charge in [0.2, 0.25) is 0 Å². The van der Waals surface area contributed by atoms with Crippen LogP contribution in [0.2, 0.25) is 0 Å². The minimum atomic E-state index is 0.182. The number of hydrogen-bond donors (Lipinski definition) is 3. The van der Waals surface area contributed by atoms with Gasteiger partial charge in [0, 0.05) is 18.8 Å². The maximum Gasteiger partial charge on any atom is 0.170 e. The highest BCUT2D eigenvalue weighted by molar-refractivity contribution is 7.80. The third kappa shape index (κ3) is 5.98. The summed E-state index contributed by atoms with van der Waals surface area (Å²) in [4.78, 5) is 0. The standard InChI is InChI=1S/C14H22N2OS/c1-2-3-5-12-6-8-13(9-7-12)16-14(18)15-10-4-11-17/h6-9,17H,2-5,10-11H2,1H3,(H2,15,16,18). The minimum Gasteiger partial charge on any atom is -0.396 e. The summed E-state index contributed by atoms with van der Waals surface area (Å²) in [5.41, 5.74) is 2.36. The van der Waals surface area contributed by atoms with E-state index in [1.807, 2.05) is 12.1 Å². The Labute approximate surface area is 115 Å². The second-order valence-corrected chi connectivity index (χ2v) is 4.67. The number of nitrogens with one attached hydrogen (secondary N) is 2. The van der Waals surface area contributed by atoms with Gasteiger partial charge in [0.05, 0.1) is 0 Å². The van der Waals surface area contributed by atoms with Crippen LogP contribution in [0.5, 0.6) is 0 Å². The number of hydrogen-bond acceptors (Lipinski definition) is 2. The van der Waals surface area contributed by atoms with Gasteiger partial charge >= 0.3 is 0 Å². The van der Waals surface area contributed by atoms with E-state index in [-0.39, 0.29) is 6.61 Å². The van der Waals surface area contributed by atoms with Gasteiger partial charge in [-0.1, -0.05) is 25.5 Å². The Balaban J connectivity index is 2.35. The van der Waals surface area contributed by atoms with Crippen molar-refractivity contribution in [3.05, 3.63) is 29.8 Å². The van der Waals surface area contributed by atoms with Crippen molar-refractivity contribution in [2.45, 2.75) is 32.6 Å². The lowest BCUT2D eigenvalue weighted by Crippen LogP contribution is -2.29. The van der Waals surface area contributed by atoms with Crippen LogP contribution in [0.3, 0.4) is 0 Å². The highest BCUT2D eigenvalue weighted by atomic mass is 32.1. The van der Waals surface area contributed by atoms with Crippen molar-refractivity contribution in [2.75, 3.05) is 18.5 Å². The highest BCUT2D eigenvalue weighted by Gasteiger charge is 1.97. The van der Waals surface area contributed by atoms with Gasteiger partial charge in [0.1, 0.15) is 0 Å². The molecule has 0 spiro atoms.